The molecule has 1 fully saturated rings. The number of nitrogens with zero attached hydrogens (tertiary/aromatic N) is 1. The molecule has 1 aliphatic rings. The van der Waals surface area contributed by atoms with Gasteiger partial charge in [-0.05, 0) is 50.7 Å². The maximum atomic E-state index is 12.5. The fraction of sp³-hybridized carbons (Fsp3) is 0.476. The number of carbonyl (C=O) groups is 3. The molecule has 1 aromatic heterocycles. The van der Waals surface area contributed by atoms with Crippen LogP contribution in [0.25, 0.3) is 10.9 Å². The van der Waals surface area contributed by atoms with E-state index in [2.05, 4.69) is 15.6 Å². The van der Waals surface area contributed by atoms with E-state index in [1.54, 1.807) is 24.3 Å². The number of aliphatic carboxylic acids is 1. The minimum absolute atomic E-state index is 0.177. The standard InChI is InChI=1S/C21H26N4O6/c1-12(20(29)30)23-18(27)14-8-6-13(7-9-14)10-22-17(26)11-25-19(28)15-4-2-3-5-16(15)24-21(25)31/h2-5,12-14H,6-11H2,1H3,(H,22,26)(H,23,27)(H,24,31)(H,29,30)/t12-,13?,14?/m0/s1. The van der Waals surface area contributed by atoms with Gasteiger partial charge >= 0.3 is 11.7 Å². The normalized spacial score (nSPS) is 19.5. The Bertz CT molecular complexity index is 1100. The van der Waals surface area contributed by atoms with Crippen LogP contribution in [0.1, 0.15) is 32.6 Å². The molecule has 2 aromatic rings. The van der Waals surface area contributed by atoms with Gasteiger partial charge in [-0.3, -0.25) is 23.7 Å². The highest BCUT2D eigenvalue weighted by molar-refractivity contribution is 5.84. The third-order valence-electron chi connectivity index (χ3n) is 5.73. The van der Waals surface area contributed by atoms with Crippen LogP contribution in [0.15, 0.2) is 33.9 Å². The van der Waals surface area contributed by atoms with E-state index in [0.717, 1.165) is 17.4 Å². The molecular formula is C21H26N4O6. The Labute approximate surface area is 177 Å². The molecule has 0 unspecified atom stereocenters. The second kappa shape index (κ2) is 9.59. The quantitative estimate of drug-likeness (QED) is 0.493. The van der Waals surface area contributed by atoms with Crippen molar-refractivity contribution in [3.05, 3.63) is 45.1 Å². The summed E-state index contributed by atoms with van der Waals surface area (Å²) in [6, 6.07) is 5.69. The lowest BCUT2D eigenvalue weighted by molar-refractivity contribution is -0.142. The predicted molar refractivity (Wildman–Crippen MR) is 113 cm³/mol. The van der Waals surface area contributed by atoms with Crippen LogP contribution in [-0.4, -0.2) is 45.0 Å². The number of aromatic amines is 1. The van der Waals surface area contributed by atoms with E-state index in [1.807, 2.05) is 0 Å². The molecule has 1 saturated carbocycles. The predicted octanol–water partition coefficient (Wildman–Crippen LogP) is 0.202. The number of H-pyrrole nitrogens is 1. The first-order valence-corrected chi connectivity index (χ1v) is 10.3. The average Bonchev–Trinajstić information content (AvgIpc) is 2.75. The van der Waals surface area contributed by atoms with Crippen molar-refractivity contribution in [1.82, 2.24) is 20.2 Å². The van der Waals surface area contributed by atoms with Gasteiger partial charge in [0, 0.05) is 12.5 Å². The first-order chi connectivity index (χ1) is 14.8. The summed E-state index contributed by atoms with van der Waals surface area (Å²) in [4.78, 5) is 62.6. The number of carboxylic acids is 1. The third kappa shape index (κ3) is 5.39. The van der Waals surface area contributed by atoms with E-state index in [0.29, 0.717) is 30.3 Å². The van der Waals surface area contributed by atoms with Gasteiger partial charge in [0.15, 0.2) is 0 Å². The van der Waals surface area contributed by atoms with E-state index >= 15 is 0 Å². The number of benzene rings is 1. The van der Waals surface area contributed by atoms with E-state index < -0.39 is 29.2 Å². The van der Waals surface area contributed by atoms with Gasteiger partial charge < -0.3 is 20.7 Å². The van der Waals surface area contributed by atoms with Gasteiger partial charge in [0.25, 0.3) is 5.56 Å². The van der Waals surface area contributed by atoms with Gasteiger partial charge in [0.2, 0.25) is 11.8 Å². The Morgan fingerprint density at radius 2 is 1.84 bits per heavy atom. The average molecular weight is 430 g/mol. The van der Waals surface area contributed by atoms with Crippen LogP contribution < -0.4 is 21.9 Å². The minimum Gasteiger partial charge on any atom is -0.480 e. The largest absolute Gasteiger partial charge is 0.480 e. The monoisotopic (exact) mass is 430 g/mol. The molecule has 1 aromatic carbocycles. The Morgan fingerprint density at radius 1 is 1.16 bits per heavy atom. The van der Waals surface area contributed by atoms with E-state index in [-0.39, 0.29) is 24.3 Å². The number of carboxylic acid groups (broad SMARTS) is 1. The van der Waals surface area contributed by atoms with E-state index in [4.69, 9.17) is 5.11 Å². The summed E-state index contributed by atoms with van der Waals surface area (Å²) in [5.41, 5.74) is -0.731. The molecule has 0 spiro atoms. The molecule has 1 heterocycles. The first kappa shape index (κ1) is 22.3. The number of fused-ring (bicyclic) bond motifs is 1. The Hall–Kier alpha value is -3.43. The number of rotatable bonds is 7. The van der Waals surface area contributed by atoms with Crippen molar-refractivity contribution >= 4 is 28.7 Å². The first-order valence-electron chi connectivity index (χ1n) is 10.3. The zero-order valence-electron chi connectivity index (χ0n) is 17.2. The van der Waals surface area contributed by atoms with Crippen LogP contribution in [-0.2, 0) is 20.9 Å². The summed E-state index contributed by atoms with van der Waals surface area (Å²) in [5, 5.41) is 14.5. The second-order valence-electron chi connectivity index (χ2n) is 7.96. The summed E-state index contributed by atoms with van der Waals surface area (Å²) >= 11 is 0. The maximum absolute atomic E-state index is 12.5. The smallest absolute Gasteiger partial charge is 0.329 e. The molecule has 1 atom stereocenters. The number of hydrogen-bond donors (Lipinski definition) is 4. The molecule has 31 heavy (non-hydrogen) atoms. The van der Waals surface area contributed by atoms with Gasteiger partial charge in [-0.25, -0.2) is 4.79 Å². The zero-order valence-corrected chi connectivity index (χ0v) is 17.2. The highest BCUT2D eigenvalue weighted by Crippen LogP contribution is 2.28. The molecule has 10 heteroatoms. The SMILES string of the molecule is C[C@H](NC(=O)C1CCC(CNC(=O)Cn2c(=O)[nH]c3ccccc3c2=O)CC1)C(=O)O. The van der Waals surface area contributed by atoms with Gasteiger partial charge in [0.05, 0.1) is 10.9 Å². The van der Waals surface area contributed by atoms with E-state index in [9.17, 15) is 24.0 Å². The second-order valence-corrected chi connectivity index (χ2v) is 7.96. The highest BCUT2D eigenvalue weighted by Gasteiger charge is 2.28. The van der Waals surface area contributed by atoms with Gasteiger partial charge in [0.1, 0.15) is 12.6 Å². The Balaban J connectivity index is 1.50. The van der Waals surface area contributed by atoms with Gasteiger partial charge in [-0.15, -0.1) is 0 Å². The molecule has 3 rings (SSSR count). The number of amides is 2. The van der Waals surface area contributed by atoms with Crippen LogP contribution in [0, 0.1) is 11.8 Å². The van der Waals surface area contributed by atoms with Crippen molar-refractivity contribution < 1.29 is 19.5 Å². The number of nitrogens with one attached hydrogen (secondary N) is 3. The van der Waals surface area contributed by atoms with Crippen molar-refractivity contribution in [2.45, 2.75) is 45.2 Å². The number of hydrogen-bond acceptors (Lipinski definition) is 5. The molecule has 0 bridgehead atoms. The van der Waals surface area contributed by atoms with Crippen LogP contribution in [0.2, 0.25) is 0 Å². The van der Waals surface area contributed by atoms with Crippen molar-refractivity contribution in [2.75, 3.05) is 6.54 Å². The van der Waals surface area contributed by atoms with Crippen molar-refractivity contribution in [3.8, 4) is 0 Å². The molecule has 1 aliphatic carbocycles. The fourth-order valence-corrected chi connectivity index (χ4v) is 3.82. The molecule has 0 saturated heterocycles. The minimum atomic E-state index is -1.07. The van der Waals surface area contributed by atoms with Gasteiger partial charge in [-0.1, -0.05) is 12.1 Å². The molecule has 166 valence electrons. The van der Waals surface area contributed by atoms with Crippen LogP contribution in [0.4, 0.5) is 0 Å². The molecule has 4 N–H and O–H groups in total. The fourth-order valence-electron chi connectivity index (χ4n) is 3.82. The number of para-hydroxylation sites is 1. The van der Waals surface area contributed by atoms with Crippen molar-refractivity contribution in [3.63, 3.8) is 0 Å². The Morgan fingerprint density at radius 3 is 2.52 bits per heavy atom. The van der Waals surface area contributed by atoms with Crippen LogP contribution in [0.3, 0.4) is 0 Å². The van der Waals surface area contributed by atoms with Crippen molar-refractivity contribution in [1.29, 1.82) is 0 Å². The summed E-state index contributed by atoms with van der Waals surface area (Å²) in [5.74, 6) is -1.82. The van der Waals surface area contributed by atoms with E-state index in [1.165, 1.54) is 6.92 Å². The maximum Gasteiger partial charge on any atom is 0.329 e. The summed E-state index contributed by atoms with van der Waals surface area (Å²) in [7, 11) is 0. The van der Waals surface area contributed by atoms with Crippen molar-refractivity contribution in [2.24, 2.45) is 11.8 Å². The number of aromatic nitrogens is 2. The lowest BCUT2D eigenvalue weighted by atomic mass is 9.81. The summed E-state index contributed by atoms with van der Waals surface area (Å²) in [6.45, 7) is 1.44. The number of carbonyl (C=O) groups excluding carboxylic acids is 2. The third-order valence-corrected chi connectivity index (χ3v) is 5.73. The zero-order chi connectivity index (χ0) is 22.5. The van der Waals surface area contributed by atoms with Crippen LogP contribution in [0.5, 0.6) is 0 Å². The molecular weight excluding hydrogens is 404 g/mol. The molecule has 0 aliphatic heterocycles. The molecule has 0 radical (unpaired) electrons. The van der Waals surface area contributed by atoms with Gasteiger partial charge in [-0.2, -0.15) is 0 Å². The molecule has 2 amide bonds. The van der Waals surface area contributed by atoms with Crippen LogP contribution >= 0.6 is 0 Å². The topological polar surface area (TPSA) is 150 Å². The highest BCUT2D eigenvalue weighted by atomic mass is 16.4. The lowest BCUT2D eigenvalue weighted by Crippen LogP contribution is -2.43. The Kier molecular flexibility index (Phi) is 6.88. The lowest BCUT2D eigenvalue weighted by Gasteiger charge is -2.28. The summed E-state index contributed by atoms with van der Waals surface area (Å²) in [6.07, 6.45) is 2.66. The molecule has 10 nitrogen and oxygen atoms in total. The summed E-state index contributed by atoms with van der Waals surface area (Å²) < 4.78 is 0.878.